The molecular formula is C24H26N4O7S. The van der Waals surface area contributed by atoms with Crippen molar-refractivity contribution < 1.29 is 28.5 Å². The van der Waals surface area contributed by atoms with E-state index in [1.54, 1.807) is 0 Å². The molecule has 2 aromatic carbocycles. The minimum absolute atomic E-state index is 0.183. The van der Waals surface area contributed by atoms with Crippen LogP contribution in [0.15, 0.2) is 65.6 Å². The van der Waals surface area contributed by atoms with Crippen molar-refractivity contribution in [2.75, 3.05) is 18.2 Å². The Hall–Kier alpha value is -3.13. The topological polar surface area (TPSA) is 163 Å². The number of rotatable bonds is 6. The number of aliphatic hydroxyl groups is 3. The highest BCUT2D eigenvalue weighted by molar-refractivity contribution is 7.88. The van der Waals surface area contributed by atoms with Gasteiger partial charge in [0.25, 0.3) is 0 Å². The van der Waals surface area contributed by atoms with Gasteiger partial charge >= 0.3 is 5.69 Å². The second-order valence-electron chi connectivity index (χ2n) is 8.90. The van der Waals surface area contributed by atoms with Gasteiger partial charge in [-0.05, 0) is 28.3 Å². The van der Waals surface area contributed by atoms with Gasteiger partial charge in [0.15, 0.2) is 6.23 Å². The molecule has 1 fully saturated rings. The Labute approximate surface area is 207 Å². The van der Waals surface area contributed by atoms with E-state index in [1.807, 2.05) is 48.5 Å². The van der Waals surface area contributed by atoms with Gasteiger partial charge < -0.3 is 25.4 Å². The average molecular weight is 515 g/mol. The van der Waals surface area contributed by atoms with E-state index in [0.29, 0.717) is 0 Å². The van der Waals surface area contributed by atoms with Gasteiger partial charge in [-0.3, -0.25) is 4.57 Å². The number of benzene rings is 2. The maximum atomic E-state index is 12.8. The normalized spacial score (nSPS) is 27.3. The summed E-state index contributed by atoms with van der Waals surface area (Å²) >= 11 is 0. The van der Waals surface area contributed by atoms with Crippen LogP contribution in [-0.2, 0) is 14.8 Å². The molecule has 11 nitrogen and oxygen atoms in total. The molecule has 0 saturated carbocycles. The third kappa shape index (κ3) is 4.43. The van der Waals surface area contributed by atoms with E-state index in [1.165, 1.54) is 12.3 Å². The van der Waals surface area contributed by atoms with Gasteiger partial charge in [-0.25, -0.2) is 17.9 Å². The number of anilines is 1. The molecule has 2 aliphatic rings. The number of fused-ring (bicyclic) bond motifs is 3. The van der Waals surface area contributed by atoms with Gasteiger partial charge in [0.1, 0.15) is 24.1 Å². The smallest absolute Gasteiger partial charge is 0.351 e. The molecule has 12 heteroatoms. The lowest BCUT2D eigenvalue weighted by Gasteiger charge is -2.36. The summed E-state index contributed by atoms with van der Waals surface area (Å²) < 4.78 is 33.8. The monoisotopic (exact) mass is 514 g/mol. The lowest BCUT2D eigenvalue weighted by molar-refractivity contribution is -0.0549. The van der Waals surface area contributed by atoms with Crippen LogP contribution in [0.1, 0.15) is 29.4 Å². The van der Waals surface area contributed by atoms with E-state index in [0.717, 1.165) is 33.1 Å². The SMILES string of the molecule is CS(=O)(=O)N[C@@H]1c2ccccc2-c2ccccc2[C@H]1Nc1ccn([C@@H]2O[C@H](CO)[C@@H](O)[C@H]2O)c(=O)n1. The minimum atomic E-state index is -3.60. The van der Waals surface area contributed by atoms with Crippen molar-refractivity contribution in [1.29, 1.82) is 0 Å². The Morgan fingerprint density at radius 1 is 0.972 bits per heavy atom. The molecule has 1 aliphatic carbocycles. The second-order valence-corrected chi connectivity index (χ2v) is 10.7. The van der Waals surface area contributed by atoms with Gasteiger partial charge in [-0.2, -0.15) is 4.98 Å². The largest absolute Gasteiger partial charge is 0.394 e. The Morgan fingerprint density at radius 2 is 1.58 bits per heavy atom. The van der Waals surface area contributed by atoms with Crippen LogP contribution in [0.5, 0.6) is 0 Å². The molecule has 1 saturated heterocycles. The number of sulfonamides is 1. The van der Waals surface area contributed by atoms with Crippen LogP contribution in [0.4, 0.5) is 5.82 Å². The zero-order chi connectivity index (χ0) is 25.6. The van der Waals surface area contributed by atoms with E-state index in [2.05, 4.69) is 15.0 Å². The van der Waals surface area contributed by atoms with Crippen molar-refractivity contribution in [3.05, 3.63) is 82.4 Å². The average Bonchev–Trinajstić information content (AvgIpc) is 3.14. The van der Waals surface area contributed by atoms with Crippen LogP contribution >= 0.6 is 0 Å². The van der Waals surface area contributed by atoms with Gasteiger partial charge in [-0.1, -0.05) is 48.5 Å². The molecule has 1 aromatic heterocycles. The fraction of sp³-hybridized carbons (Fsp3) is 0.333. The highest BCUT2D eigenvalue weighted by Crippen LogP contribution is 2.45. The summed E-state index contributed by atoms with van der Waals surface area (Å²) in [5, 5.41) is 32.8. The fourth-order valence-corrected chi connectivity index (χ4v) is 5.59. The molecule has 6 atom stereocenters. The summed E-state index contributed by atoms with van der Waals surface area (Å²) in [6.07, 6.45) is -2.57. The molecular weight excluding hydrogens is 488 g/mol. The maximum absolute atomic E-state index is 12.8. The number of ether oxygens (including phenoxy) is 1. The van der Waals surface area contributed by atoms with Crippen molar-refractivity contribution in [2.24, 2.45) is 0 Å². The van der Waals surface area contributed by atoms with Gasteiger partial charge in [-0.15, -0.1) is 0 Å². The van der Waals surface area contributed by atoms with E-state index < -0.39 is 58.9 Å². The van der Waals surface area contributed by atoms with Crippen molar-refractivity contribution in [3.63, 3.8) is 0 Å². The first kappa shape index (κ1) is 24.6. The quantitative estimate of drug-likeness (QED) is 0.311. The third-order valence-corrected chi connectivity index (χ3v) is 7.16. The number of nitrogens with zero attached hydrogens (tertiary/aromatic N) is 2. The molecule has 5 rings (SSSR count). The molecule has 190 valence electrons. The molecule has 0 radical (unpaired) electrons. The van der Waals surface area contributed by atoms with Crippen LogP contribution in [0, 0.1) is 0 Å². The molecule has 36 heavy (non-hydrogen) atoms. The molecule has 0 bridgehead atoms. The van der Waals surface area contributed by atoms with Crippen LogP contribution in [0.3, 0.4) is 0 Å². The zero-order valence-electron chi connectivity index (χ0n) is 19.2. The maximum Gasteiger partial charge on any atom is 0.351 e. The van der Waals surface area contributed by atoms with Crippen molar-refractivity contribution in [1.82, 2.24) is 14.3 Å². The van der Waals surface area contributed by atoms with Gasteiger partial charge in [0.2, 0.25) is 10.0 Å². The standard InChI is InChI=1S/C24H26N4O7S/c1-36(33,34)27-20-16-9-5-3-7-14(16)13-6-2-4-8-15(13)19(20)25-18-10-11-28(24(32)26-18)23-22(31)21(30)17(12-29)35-23/h2-11,17,19-23,27,29-31H,12H2,1H3,(H,25,26,32)/t17-,19-,20-,21-,22-,23-/m1/s1. The first-order chi connectivity index (χ1) is 17.2. The van der Waals surface area contributed by atoms with E-state index in [4.69, 9.17) is 4.74 Å². The predicted octanol–water partition coefficient (Wildman–Crippen LogP) is 0.279. The van der Waals surface area contributed by atoms with Crippen molar-refractivity contribution >= 4 is 15.8 Å². The van der Waals surface area contributed by atoms with Crippen molar-refractivity contribution in [3.8, 4) is 11.1 Å². The van der Waals surface area contributed by atoms with Gasteiger partial charge in [0.05, 0.1) is 24.9 Å². The summed E-state index contributed by atoms with van der Waals surface area (Å²) in [4.78, 5) is 16.9. The lowest BCUT2D eigenvalue weighted by Crippen LogP contribution is -2.38. The molecule has 0 amide bonds. The molecule has 0 spiro atoms. The van der Waals surface area contributed by atoms with E-state index in [-0.39, 0.29) is 5.82 Å². The Kier molecular flexibility index (Phi) is 6.41. The summed E-state index contributed by atoms with van der Waals surface area (Å²) in [5.74, 6) is 0.183. The molecule has 1 aliphatic heterocycles. The molecule has 0 unspecified atom stereocenters. The summed E-state index contributed by atoms with van der Waals surface area (Å²) in [6, 6.07) is 15.3. The summed E-state index contributed by atoms with van der Waals surface area (Å²) in [5.41, 5.74) is 2.68. The first-order valence-corrected chi connectivity index (χ1v) is 13.2. The second kappa shape index (κ2) is 9.39. The van der Waals surface area contributed by atoms with Crippen LogP contribution in [0.25, 0.3) is 11.1 Å². The Bertz CT molecular complexity index is 1440. The zero-order valence-corrected chi connectivity index (χ0v) is 20.0. The van der Waals surface area contributed by atoms with E-state index >= 15 is 0 Å². The number of hydrogen-bond acceptors (Lipinski definition) is 9. The Balaban J connectivity index is 1.52. The fourth-order valence-electron chi connectivity index (χ4n) is 4.87. The van der Waals surface area contributed by atoms with Crippen molar-refractivity contribution in [2.45, 2.75) is 36.6 Å². The number of aromatic nitrogens is 2. The molecule has 5 N–H and O–H groups in total. The number of aliphatic hydroxyl groups excluding tert-OH is 3. The van der Waals surface area contributed by atoms with Crippen LogP contribution in [-0.4, -0.2) is 64.5 Å². The van der Waals surface area contributed by atoms with Crippen LogP contribution in [0.2, 0.25) is 0 Å². The minimum Gasteiger partial charge on any atom is -0.394 e. The van der Waals surface area contributed by atoms with Crippen LogP contribution < -0.4 is 15.7 Å². The summed E-state index contributed by atoms with van der Waals surface area (Å²) in [6.45, 7) is -0.520. The predicted molar refractivity (Wildman–Crippen MR) is 130 cm³/mol. The van der Waals surface area contributed by atoms with Gasteiger partial charge in [0, 0.05) is 6.20 Å². The highest BCUT2D eigenvalue weighted by Gasteiger charge is 2.44. The van der Waals surface area contributed by atoms with E-state index in [9.17, 15) is 28.5 Å². The highest BCUT2D eigenvalue weighted by atomic mass is 32.2. The lowest BCUT2D eigenvalue weighted by atomic mass is 9.79. The number of nitrogens with one attached hydrogen (secondary N) is 2. The first-order valence-electron chi connectivity index (χ1n) is 11.3. The molecule has 3 aromatic rings. The molecule has 2 heterocycles. The summed E-state index contributed by atoms with van der Waals surface area (Å²) in [7, 11) is -3.60. The number of hydrogen-bond donors (Lipinski definition) is 5. The Morgan fingerprint density at radius 3 is 2.14 bits per heavy atom. The third-order valence-electron chi connectivity index (χ3n) is 6.48.